The number of pyridine rings is 1. The van der Waals surface area contributed by atoms with Gasteiger partial charge in [0.05, 0.1) is 12.7 Å². The summed E-state index contributed by atoms with van der Waals surface area (Å²) in [7, 11) is 0. The van der Waals surface area contributed by atoms with Crippen LogP contribution in [0.5, 0.6) is 0 Å². The summed E-state index contributed by atoms with van der Waals surface area (Å²) in [6.07, 6.45) is 2.81. The van der Waals surface area contributed by atoms with Crippen molar-refractivity contribution in [3.63, 3.8) is 0 Å². The van der Waals surface area contributed by atoms with E-state index in [1.807, 2.05) is 0 Å². The second-order valence-corrected chi connectivity index (χ2v) is 3.62. The number of hydrogen-bond donors (Lipinski definition) is 2. The summed E-state index contributed by atoms with van der Waals surface area (Å²) >= 11 is 0. The Morgan fingerprint density at radius 2 is 2.28 bits per heavy atom. The summed E-state index contributed by atoms with van der Waals surface area (Å²) < 4.78 is 14.2. The SMILES string of the molecule is NC(=O)c1ccn(CCNc2ccc(F)cn2)n1. The Kier molecular flexibility index (Phi) is 3.52. The van der Waals surface area contributed by atoms with Crippen molar-refractivity contribution in [2.75, 3.05) is 11.9 Å². The molecule has 0 atom stereocenters. The summed E-state index contributed by atoms with van der Waals surface area (Å²) in [6, 6.07) is 4.43. The number of carbonyl (C=O) groups is 1. The van der Waals surface area contributed by atoms with Crippen molar-refractivity contribution in [3.8, 4) is 0 Å². The van der Waals surface area contributed by atoms with E-state index in [0.29, 0.717) is 18.9 Å². The van der Waals surface area contributed by atoms with E-state index in [9.17, 15) is 9.18 Å². The molecule has 0 radical (unpaired) electrons. The largest absolute Gasteiger partial charge is 0.368 e. The highest BCUT2D eigenvalue weighted by molar-refractivity contribution is 5.90. The van der Waals surface area contributed by atoms with E-state index < -0.39 is 5.91 Å². The number of primary amides is 1. The van der Waals surface area contributed by atoms with Gasteiger partial charge in [-0.1, -0.05) is 0 Å². The van der Waals surface area contributed by atoms with Gasteiger partial charge in [-0.15, -0.1) is 0 Å². The molecule has 0 fully saturated rings. The molecule has 0 aliphatic carbocycles. The zero-order valence-corrected chi connectivity index (χ0v) is 9.51. The first-order valence-corrected chi connectivity index (χ1v) is 5.34. The van der Waals surface area contributed by atoms with E-state index in [-0.39, 0.29) is 11.5 Å². The van der Waals surface area contributed by atoms with Crippen molar-refractivity contribution < 1.29 is 9.18 Å². The van der Waals surface area contributed by atoms with E-state index in [0.717, 1.165) is 6.20 Å². The predicted molar refractivity (Wildman–Crippen MR) is 63.4 cm³/mol. The molecule has 3 N–H and O–H groups in total. The smallest absolute Gasteiger partial charge is 0.269 e. The van der Waals surface area contributed by atoms with Gasteiger partial charge in [0, 0.05) is 12.7 Å². The molecule has 0 aliphatic heterocycles. The van der Waals surface area contributed by atoms with Crippen LogP contribution in [0.2, 0.25) is 0 Å². The minimum Gasteiger partial charge on any atom is -0.368 e. The number of nitrogens with two attached hydrogens (primary N) is 1. The molecule has 2 heterocycles. The van der Waals surface area contributed by atoms with Crippen molar-refractivity contribution in [1.82, 2.24) is 14.8 Å². The number of halogens is 1. The first kappa shape index (κ1) is 12.0. The fraction of sp³-hybridized carbons (Fsp3) is 0.182. The van der Waals surface area contributed by atoms with Gasteiger partial charge in [-0.05, 0) is 18.2 Å². The molecule has 0 saturated heterocycles. The maximum atomic E-state index is 12.6. The third-order valence-electron chi connectivity index (χ3n) is 2.27. The monoisotopic (exact) mass is 249 g/mol. The van der Waals surface area contributed by atoms with Crippen LogP contribution in [0.1, 0.15) is 10.5 Å². The van der Waals surface area contributed by atoms with E-state index in [4.69, 9.17) is 5.73 Å². The molecule has 0 aromatic carbocycles. The number of aromatic nitrogens is 3. The van der Waals surface area contributed by atoms with Gasteiger partial charge in [0.15, 0.2) is 0 Å². The average molecular weight is 249 g/mol. The maximum absolute atomic E-state index is 12.6. The van der Waals surface area contributed by atoms with Gasteiger partial charge in [0.2, 0.25) is 0 Å². The molecule has 0 spiro atoms. The molecule has 2 rings (SSSR count). The normalized spacial score (nSPS) is 10.3. The quantitative estimate of drug-likeness (QED) is 0.813. The molecule has 94 valence electrons. The molecular weight excluding hydrogens is 237 g/mol. The van der Waals surface area contributed by atoms with Crippen LogP contribution in [-0.2, 0) is 6.54 Å². The summed E-state index contributed by atoms with van der Waals surface area (Å²) in [5.41, 5.74) is 5.32. The first-order chi connectivity index (χ1) is 8.65. The molecule has 18 heavy (non-hydrogen) atoms. The van der Waals surface area contributed by atoms with Crippen LogP contribution in [0.15, 0.2) is 30.6 Å². The number of rotatable bonds is 5. The zero-order chi connectivity index (χ0) is 13.0. The van der Waals surface area contributed by atoms with Crippen LogP contribution >= 0.6 is 0 Å². The van der Waals surface area contributed by atoms with E-state index in [1.54, 1.807) is 23.0 Å². The van der Waals surface area contributed by atoms with Gasteiger partial charge in [-0.2, -0.15) is 5.10 Å². The van der Waals surface area contributed by atoms with Crippen LogP contribution in [0.3, 0.4) is 0 Å². The number of amides is 1. The molecule has 2 aromatic heterocycles. The van der Waals surface area contributed by atoms with Crippen molar-refractivity contribution in [2.45, 2.75) is 6.54 Å². The van der Waals surface area contributed by atoms with Crippen LogP contribution in [-0.4, -0.2) is 27.2 Å². The average Bonchev–Trinajstić information content (AvgIpc) is 2.81. The number of hydrogen-bond acceptors (Lipinski definition) is 4. The number of nitrogens with one attached hydrogen (secondary N) is 1. The lowest BCUT2D eigenvalue weighted by molar-refractivity contribution is 0.0994. The van der Waals surface area contributed by atoms with Crippen molar-refractivity contribution in [2.24, 2.45) is 5.73 Å². The standard InChI is InChI=1S/C11H12FN5O/c12-8-1-2-10(15-7-8)14-4-6-17-5-3-9(16-17)11(13)18/h1-3,5,7H,4,6H2,(H2,13,18)(H,14,15). The topological polar surface area (TPSA) is 85.8 Å². The second-order valence-electron chi connectivity index (χ2n) is 3.62. The van der Waals surface area contributed by atoms with Crippen LogP contribution in [0.4, 0.5) is 10.2 Å². The summed E-state index contributed by atoms with van der Waals surface area (Å²) in [5, 5.41) is 6.98. The van der Waals surface area contributed by atoms with E-state index >= 15 is 0 Å². The lowest BCUT2D eigenvalue weighted by Gasteiger charge is -2.05. The highest BCUT2D eigenvalue weighted by Gasteiger charge is 2.03. The zero-order valence-electron chi connectivity index (χ0n) is 9.51. The first-order valence-electron chi connectivity index (χ1n) is 5.34. The summed E-state index contributed by atoms with van der Waals surface area (Å²) in [4.78, 5) is 14.7. The van der Waals surface area contributed by atoms with Gasteiger partial charge in [0.25, 0.3) is 5.91 Å². The number of anilines is 1. The van der Waals surface area contributed by atoms with Gasteiger partial charge in [0.1, 0.15) is 17.3 Å². The fourth-order valence-corrected chi connectivity index (χ4v) is 1.40. The number of carbonyl (C=O) groups excluding carboxylic acids is 1. The van der Waals surface area contributed by atoms with E-state index in [1.165, 1.54) is 6.07 Å². The lowest BCUT2D eigenvalue weighted by atomic mass is 10.4. The molecule has 0 unspecified atom stereocenters. The van der Waals surface area contributed by atoms with Crippen LogP contribution in [0, 0.1) is 5.82 Å². The minimum absolute atomic E-state index is 0.231. The molecule has 1 amide bonds. The molecule has 0 bridgehead atoms. The fourth-order valence-electron chi connectivity index (χ4n) is 1.40. The second kappa shape index (κ2) is 5.26. The molecular formula is C11H12FN5O. The van der Waals surface area contributed by atoms with Gasteiger partial charge in [-0.25, -0.2) is 9.37 Å². The minimum atomic E-state index is -0.554. The Morgan fingerprint density at radius 3 is 2.89 bits per heavy atom. The van der Waals surface area contributed by atoms with E-state index in [2.05, 4.69) is 15.4 Å². The summed E-state index contributed by atoms with van der Waals surface area (Å²) in [6.45, 7) is 1.10. The highest BCUT2D eigenvalue weighted by Crippen LogP contribution is 2.03. The third-order valence-corrected chi connectivity index (χ3v) is 2.27. The molecule has 6 nitrogen and oxygen atoms in total. The number of nitrogens with zero attached hydrogens (tertiary/aromatic N) is 3. The van der Waals surface area contributed by atoms with Crippen molar-refractivity contribution in [1.29, 1.82) is 0 Å². The van der Waals surface area contributed by atoms with Gasteiger partial charge < -0.3 is 11.1 Å². The van der Waals surface area contributed by atoms with Crippen molar-refractivity contribution >= 4 is 11.7 Å². The molecule has 0 aliphatic rings. The molecule has 2 aromatic rings. The predicted octanol–water partition coefficient (Wildman–Crippen LogP) is 0.628. The van der Waals surface area contributed by atoms with Crippen LogP contribution < -0.4 is 11.1 Å². The Morgan fingerprint density at radius 1 is 1.44 bits per heavy atom. The highest BCUT2D eigenvalue weighted by atomic mass is 19.1. The van der Waals surface area contributed by atoms with Crippen molar-refractivity contribution in [3.05, 3.63) is 42.1 Å². The third kappa shape index (κ3) is 3.03. The Hall–Kier alpha value is -2.44. The Bertz CT molecular complexity index is 537. The Labute approximate surface area is 103 Å². The maximum Gasteiger partial charge on any atom is 0.269 e. The summed E-state index contributed by atoms with van der Waals surface area (Å²) in [5.74, 6) is -0.348. The van der Waals surface area contributed by atoms with Gasteiger partial charge in [-0.3, -0.25) is 9.48 Å². The Balaban J connectivity index is 1.84. The van der Waals surface area contributed by atoms with Crippen LogP contribution in [0.25, 0.3) is 0 Å². The molecule has 7 heteroatoms. The lowest BCUT2D eigenvalue weighted by Crippen LogP contribution is -2.15. The van der Waals surface area contributed by atoms with Gasteiger partial charge >= 0.3 is 0 Å². The molecule has 0 saturated carbocycles.